The zero-order valence-corrected chi connectivity index (χ0v) is 9.23. The summed E-state index contributed by atoms with van der Waals surface area (Å²) in [6, 6.07) is 8.59. The quantitative estimate of drug-likeness (QED) is 0.705. The van der Waals surface area contributed by atoms with Crippen molar-refractivity contribution in [2.24, 2.45) is 0 Å². The number of likely N-dealkylation sites (N-methyl/N-ethyl adjacent to an activating group) is 1. The van der Waals surface area contributed by atoms with Gasteiger partial charge in [-0.2, -0.15) is 0 Å². The Balaban J connectivity index is 2.82. The lowest BCUT2D eigenvalue weighted by Gasteiger charge is -2.22. The minimum absolute atomic E-state index is 0.0340. The van der Waals surface area contributed by atoms with E-state index in [2.05, 4.69) is 0 Å². The molecular formula is C12H15NO2. The lowest BCUT2D eigenvalue weighted by atomic mass is 10.0. The molecule has 1 atom stereocenters. The van der Waals surface area contributed by atoms with Crippen LogP contribution in [0.4, 0.5) is 0 Å². The highest BCUT2D eigenvalue weighted by atomic mass is 16.2. The summed E-state index contributed by atoms with van der Waals surface area (Å²) < 4.78 is 0. The van der Waals surface area contributed by atoms with Crippen LogP contribution in [0.1, 0.15) is 24.2 Å². The molecule has 0 heterocycles. The molecule has 0 saturated carbocycles. The van der Waals surface area contributed by atoms with Gasteiger partial charge in [0.15, 0.2) is 5.78 Å². The van der Waals surface area contributed by atoms with E-state index in [-0.39, 0.29) is 11.7 Å². The Morgan fingerprint density at radius 2 is 1.73 bits per heavy atom. The summed E-state index contributed by atoms with van der Waals surface area (Å²) in [5.74, 6) is -0.139. The van der Waals surface area contributed by atoms with Crippen molar-refractivity contribution < 1.29 is 9.59 Å². The smallest absolute Gasteiger partial charge is 0.219 e. The molecule has 80 valence electrons. The van der Waals surface area contributed by atoms with E-state index in [1.165, 1.54) is 11.8 Å². The highest BCUT2D eigenvalue weighted by molar-refractivity contribution is 6.01. The first kappa shape index (κ1) is 11.4. The molecule has 0 aliphatic heterocycles. The van der Waals surface area contributed by atoms with Gasteiger partial charge >= 0.3 is 0 Å². The highest BCUT2D eigenvalue weighted by Crippen LogP contribution is 2.07. The predicted octanol–water partition coefficient (Wildman–Crippen LogP) is 1.74. The Bertz CT molecular complexity index is 359. The van der Waals surface area contributed by atoms with Gasteiger partial charge in [0.2, 0.25) is 5.91 Å². The van der Waals surface area contributed by atoms with E-state index >= 15 is 0 Å². The first-order valence-electron chi connectivity index (χ1n) is 4.86. The molecule has 1 unspecified atom stereocenters. The lowest BCUT2D eigenvalue weighted by Crippen LogP contribution is -2.39. The van der Waals surface area contributed by atoms with Crippen molar-refractivity contribution in [2.75, 3.05) is 7.05 Å². The average Bonchev–Trinajstić information content (AvgIpc) is 2.27. The number of benzene rings is 1. The largest absolute Gasteiger partial charge is 0.336 e. The van der Waals surface area contributed by atoms with Gasteiger partial charge in [0.25, 0.3) is 0 Å². The van der Waals surface area contributed by atoms with Crippen LogP contribution in [0.25, 0.3) is 0 Å². The summed E-state index contributed by atoms with van der Waals surface area (Å²) >= 11 is 0. The lowest BCUT2D eigenvalue weighted by molar-refractivity contribution is -0.128. The Morgan fingerprint density at radius 1 is 1.20 bits per heavy atom. The monoisotopic (exact) mass is 205 g/mol. The molecule has 0 saturated heterocycles. The Labute approximate surface area is 89.7 Å². The molecule has 1 aromatic rings. The molecule has 0 aromatic heterocycles. The summed E-state index contributed by atoms with van der Waals surface area (Å²) in [7, 11) is 1.63. The number of amides is 1. The minimum atomic E-state index is -0.412. The van der Waals surface area contributed by atoms with Crippen LogP contribution in [0, 0.1) is 0 Å². The van der Waals surface area contributed by atoms with E-state index in [9.17, 15) is 9.59 Å². The number of carbonyl (C=O) groups excluding carboxylic acids is 2. The summed E-state index contributed by atoms with van der Waals surface area (Å²) in [5.41, 5.74) is 0.637. The van der Waals surface area contributed by atoms with E-state index < -0.39 is 6.04 Å². The van der Waals surface area contributed by atoms with Gasteiger partial charge in [0.1, 0.15) is 0 Å². The van der Waals surface area contributed by atoms with E-state index in [0.717, 1.165) is 0 Å². The molecule has 0 N–H and O–H groups in total. The van der Waals surface area contributed by atoms with E-state index in [0.29, 0.717) is 5.56 Å². The van der Waals surface area contributed by atoms with Crippen LogP contribution in [0.5, 0.6) is 0 Å². The second-order valence-electron chi connectivity index (χ2n) is 3.54. The fraction of sp³-hybridized carbons (Fsp3) is 0.333. The second kappa shape index (κ2) is 4.73. The predicted molar refractivity (Wildman–Crippen MR) is 58.7 cm³/mol. The molecule has 3 heteroatoms. The van der Waals surface area contributed by atoms with Crippen molar-refractivity contribution in [1.82, 2.24) is 4.90 Å². The molecule has 3 nitrogen and oxygen atoms in total. The number of nitrogens with zero attached hydrogens (tertiary/aromatic N) is 1. The summed E-state index contributed by atoms with van der Waals surface area (Å²) in [5, 5.41) is 0. The van der Waals surface area contributed by atoms with Gasteiger partial charge in [-0.1, -0.05) is 30.3 Å². The maximum absolute atomic E-state index is 11.9. The number of carbonyl (C=O) groups is 2. The van der Waals surface area contributed by atoms with Gasteiger partial charge in [0.05, 0.1) is 6.04 Å². The van der Waals surface area contributed by atoms with Crippen LogP contribution in [-0.4, -0.2) is 29.7 Å². The van der Waals surface area contributed by atoms with Crippen molar-refractivity contribution >= 4 is 11.7 Å². The van der Waals surface area contributed by atoms with Gasteiger partial charge in [-0.3, -0.25) is 9.59 Å². The van der Waals surface area contributed by atoms with Crippen LogP contribution >= 0.6 is 0 Å². The van der Waals surface area contributed by atoms with Crippen molar-refractivity contribution in [1.29, 1.82) is 0 Å². The number of Topliss-reactive ketones (excluding diaryl/α,β-unsaturated/α-hetero) is 1. The number of rotatable bonds is 3. The average molecular weight is 205 g/mol. The van der Waals surface area contributed by atoms with Gasteiger partial charge in [0, 0.05) is 19.5 Å². The molecule has 15 heavy (non-hydrogen) atoms. The molecule has 0 fully saturated rings. The van der Waals surface area contributed by atoms with Crippen LogP contribution in [-0.2, 0) is 4.79 Å². The Hall–Kier alpha value is -1.64. The van der Waals surface area contributed by atoms with E-state index in [1.807, 2.05) is 18.2 Å². The molecule has 0 bridgehead atoms. The third-order valence-corrected chi connectivity index (χ3v) is 2.52. The maximum atomic E-state index is 11.9. The van der Waals surface area contributed by atoms with E-state index in [1.54, 1.807) is 26.1 Å². The zero-order valence-electron chi connectivity index (χ0n) is 9.23. The third-order valence-electron chi connectivity index (χ3n) is 2.52. The van der Waals surface area contributed by atoms with Crippen LogP contribution in [0.15, 0.2) is 30.3 Å². The molecule has 0 radical (unpaired) electrons. The summed E-state index contributed by atoms with van der Waals surface area (Å²) in [6.45, 7) is 3.19. The molecule has 0 aliphatic carbocycles. The molecular weight excluding hydrogens is 190 g/mol. The number of ketones is 1. The Morgan fingerprint density at radius 3 is 2.20 bits per heavy atom. The van der Waals surface area contributed by atoms with Crippen molar-refractivity contribution in [2.45, 2.75) is 19.9 Å². The Kier molecular flexibility index (Phi) is 3.61. The normalized spacial score (nSPS) is 11.9. The topological polar surface area (TPSA) is 37.4 Å². The SMILES string of the molecule is CC(=O)N(C)C(C)C(=O)c1ccccc1. The van der Waals surface area contributed by atoms with Crippen molar-refractivity contribution in [3.63, 3.8) is 0 Å². The van der Waals surface area contributed by atoms with Crippen LogP contribution in [0.2, 0.25) is 0 Å². The molecule has 1 rings (SSSR count). The molecule has 1 amide bonds. The summed E-state index contributed by atoms with van der Waals surface area (Å²) in [6.07, 6.45) is 0. The minimum Gasteiger partial charge on any atom is -0.336 e. The molecule has 0 spiro atoms. The summed E-state index contributed by atoms with van der Waals surface area (Å²) in [4.78, 5) is 24.4. The van der Waals surface area contributed by atoms with Gasteiger partial charge in [-0.05, 0) is 6.92 Å². The van der Waals surface area contributed by atoms with Crippen LogP contribution < -0.4 is 0 Å². The van der Waals surface area contributed by atoms with E-state index in [4.69, 9.17) is 0 Å². The maximum Gasteiger partial charge on any atom is 0.219 e. The highest BCUT2D eigenvalue weighted by Gasteiger charge is 2.20. The van der Waals surface area contributed by atoms with Gasteiger partial charge in [-0.15, -0.1) is 0 Å². The second-order valence-corrected chi connectivity index (χ2v) is 3.54. The number of hydrogen-bond donors (Lipinski definition) is 0. The van der Waals surface area contributed by atoms with Crippen molar-refractivity contribution in [3.8, 4) is 0 Å². The standard InChI is InChI=1S/C12H15NO2/c1-9(13(3)10(2)14)12(15)11-7-5-4-6-8-11/h4-9H,1-3H3. The molecule has 1 aromatic carbocycles. The fourth-order valence-corrected chi connectivity index (χ4v) is 1.29. The van der Waals surface area contributed by atoms with Crippen LogP contribution in [0.3, 0.4) is 0 Å². The fourth-order valence-electron chi connectivity index (χ4n) is 1.29. The van der Waals surface area contributed by atoms with Gasteiger partial charge < -0.3 is 4.90 Å². The zero-order chi connectivity index (χ0) is 11.4. The van der Waals surface area contributed by atoms with Crippen molar-refractivity contribution in [3.05, 3.63) is 35.9 Å². The third kappa shape index (κ3) is 2.65. The number of hydrogen-bond acceptors (Lipinski definition) is 2. The molecule has 0 aliphatic rings. The first-order chi connectivity index (χ1) is 7.04. The first-order valence-corrected chi connectivity index (χ1v) is 4.86. The van der Waals surface area contributed by atoms with Gasteiger partial charge in [-0.25, -0.2) is 0 Å².